The van der Waals surface area contributed by atoms with Gasteiger partial charge in [-0.2, -0.15) is 4.98 Å². The minimum Gasteiger partial charge on any atom is -0.334 e. The van der Waals surface area contributed by atoms with E-state index in [4.69, 9.17) is 10.3 Å². The number of aryl methyl sites for hydroxylation is 2. The summed E-state index contributed by atoms with van der Waals surface area (Å²) in [5.74, 6) is 1.13. The number of hydrogen-bond acceptors (Lipinski definition) is 4. The summed E-state index contributed by atoms with van der Waals surface area (Å²) in [7, 11) is 0. The van der Waals surface area contributed by atoms with E-state index < -0.39 is 0 Å². The van der Waals surface area contributed by atoms with Crippen molar-refractivity contribution in [1.29, 1.82) is 0 Å². The Morgan fingerprint density at radius 3 is 2.72 bits per heavy atom. The summed E-state index contributed by atoms with van der Waals surface area (Å²) in [6.07, 6.45) is 1.88. The lowest BCUT2D eigenvalue weighted by Crippen LogP contribution is -2.11. The fourth-order valence-electron chi connectivity index (χ4n) is 1.82. The van der Waals surface area contributed by atoms with Gasteiger partial charge in [0, 0.05) is 5.56 Å². The molecule has 4 heteroatoms. The number of nitrogens with two attached hydrogens (primary N) is 1. The van der Waals surface area contributed by atoms with Crippen LogP contribution >= 0.6 is 0 Å². The molecule has 0 spiro atoms. The van der Waals surface area contributed by atoms with Crippen LogP contribution in [0.25, 0.3) is 11.5 Å². The molecule has 1 aromatic carbocycles. The number of aromatic nitrogens is 2. The van der Waals surface area contributed by atoms with Gasteiger partial charge in [0.2, 0.25) is 0 Å². The van der Waals surface area contributed by atoms with Crippen LogP contribution in [0.15, 0.2) is 22.7 Å². The van der Waals surface area contributed by atoms with Crippen LogP contribution in [0, 0.1) is 13.8 Å². The smallest absolute Gasteiger partial charge is 0.257 e. The first-order valence-corrected chi connectivity index (χ1v) is 6.28. The van der Waals surface area contributed by atoms with Gasteiger partial charge in [-0.1, -0.05) is 24.6 Å². The normalized spacial score (nSPS) is 12.7. The Balaban J connectivity index is 2.26. The molecule has 0 fully saturated rings. The lowest BCUT2D eigenvalue weighted by molar-refractivity contribution is 0.413. The highest BCUT2D eigenvalue weighted by molar-refractivity contribution is 5.55. The molecule has 2 N–H and O–H groups in total. The largest absolute Gasteiger partial charge is 0.334 e. The van der Waals surface area contributed by atoms with Gasteiger partial charge in [-0.15, -0.1) is 0 Å². The van der Waals surface area contributed by atoms with Gasteiger partial charge in [-0.3, -0.25) is 0 Å². The molecule has 96 valence electrons. The maximum Gasteiger partial charge on any atom is 0.257 e. The number of hydrogen-bond donors (Lipinski definition) is 1. The summed E-state index contributed by atoms with van der Waals surface area (Å²) in [5, 5.41) is 3.95. The molecule has 1 aromatic heterocycles. The monoisotopic (exact) mass is 245 g/mol. The lowest BCUT2D eigenvalue weighted by atomic mass is 10.1. The van der Waals surface area contributed by atoms with Crippen molar-refractivity contribution in [3.05, 3.63) is 35.2 Å². The van der Waals surface area contributed by atoms with Gasteiger partial charge in [0.05, 0.1) is 6.04 Å². The van der Waals surface area contributed by atoms with Crippen molar-refractivity contribution >= 4 is 0 Å². The van der Waals surface area contributed by atoms with Gasteiger partial charge in [0.25, 0.3) is 5.89 Å². The van der Waals surface area contributed by atoms with Gasteiger partial charge in [-0.25, -0.2) is 0 Å². The second-order valence-electron chi connectivity index (χ2n) is 4.65. The van der Waals surface area contributed by atoms with E-state index in [-0.39, 0.29) is 6.04 Å². The van der Waals surface area contributed by atoms with E-state index in [1.807, 2.05) is 6.07 Å². The van der Waals surface area contributed by atoms with Crippen molar-refractivity contribution in [1.82, 2.24) is 10.1 Å². The summed E-state index contributed by atoms with van der Waals surface area (Å²) >= 11 is 0. The van der Waals surface area contributed by atoms with Crippen LogP contribution < -0.4 is 5.73 Å². The summed E-state index contributed by atoms with van der Waals surface area (Å²) in [6, 6.07) is 5.96. The highest BCUT2D eigenvalue weighted by Gasteiger charge is 2.14. The molecule has 0 saturated heterocycles. The summed E-state index contributed by atoms with van der Waals surface area (Å²) in [4.78, 5) is 4.37. The van der Waals surface area contributed by atoms with E-state index in [0.29, 0.717) is 11.7 Å². The average molecular weight is 245 g/mol. The Kier molecular flexibility index (Phi) is 3.77. The van der Waals surface area contributed by atoms with Gasteiger partial charge in [0.15, 0.2) is 5.82 Å². The molecule has 0 saturated carbocycles. The minimum atomic E-state index is -0.140. The Hall–Kier alpha value is -1.68. The molecule has 1 heterocycles. The quantitative estimate of drug-likeness (QED) is 0.898. The SMILES string of the molecule is CCCC(N)c1noc(-c2ccc(C)c(C)c2)n1. The van der Waals surface area contributed by atoms with Gasteiger partial charge in [0.1, 0.15) is 0 Å². The Bertz CT molecular complexity index is 534. The minimum absolute atomic E-state index is 0.140. The van der Waals surface area contributed by atoms with Crippen molar-refractivity contribution in [2.24, 2.45) is 5.73 Å². The predicted molar refractivity (Wildman–Crippen MR) is 71.0 cm³/mol. The molecule has 18 heavy (non-hydrogen) atoms. The topological polar surface area (TPSA) is 64.9 Å². The van der Waals surface area contributed by atoms with E-state index in [0.717, 1.165) is 18.4 Å². The lowest BCUT2D eigenvalue weighted by Gasteiger charge is -2.03. The number of benzene rings is 1. The fraction of sp³-hybridized carbons (Fsp3) is 0.429. The van der Waals surface area contributed by atoms with Gasteiger partial charge >= 0.3 is 0 Å². The van der Waals surface area contributed by atoms with Gasteiger partial charge in [-0.05, 0) is 43.5 Å². The summed E-state index contributed by atoms with van der Waals surface area (Å²) in [6.45, 7) is 6.23. The van der Waals surface area contributed by atoms with Crippen LogP contribution in [0.3, 0.4) is 0 Å². The zero-order chi connectivity index (χ0) is 13.1. The van der Waals surface area contributed by atoms with E-state index in [9.17, 15) is 0 Å². The molecule has 1 unspecified atom stereocenters. The van der Waals surface area contributed by atoms with E-state index in [2.05, 4.69) is 43.0 Å². The molecular weight excluding hydrogens is 226 g/mol. The Morgan fingerprint density at radius 1 is 1.28 bits per heavy atom. The first-order chi connectivity index (χ1) is 8.61. The first kappa shape index (κ1) is 12.8. The third kappa shape index (κ3) is 2.59. The Labute approximate surface area is 107 Å². The zero-order valence-electron chi connectivity index (χ0n) is 11.1. The molecule has 2 rings (SSSR count). The molecule has 1 atom stereocenters. The third-order valence-corrected chi connectivity index (χ3v) is 3.13. The third-order valence-electron chi connectivity index (χ3n) is 3.13. The molecular formula is C14H19N3O. The van der Waals surface area contributed by atoms with Crippen LogP contribution in [-0.2, 0) is 0 Å². The second kappa shape index (κ2) is 5.31. The predicted octanol–water partition coefficient (Wildman–Crippen LogP) is 3.15. The van der Waals surface area contributed by atoms with Crippen molar-refractivity contribution in [2.75, 3.05) is 0 Å². The maximum atomic E-state index is 5.97. The highest BCUT2D eigenvalue weighted by Crippen LogP contribution is 2.22. The van der Waals surface area contributed by atoms with E-state index >= 15 is 0 Å². The number of nitrogens with zero attached hydrogens (tertiary/aromatic N) is 2. The molecule has 0 aliphatic carbocycles. The van der Waals surface area contributed by atoms with Crippen molar-refractivity contribution < 1.29 is 4.52 Å². The average Bonchev–Trinajstić information content (AvgIpc) is 2.82. The summed E-state index contributed by atoms with van der Waals surface area (Å²) in [5.41, 5.74) is 9.38. The standard InChI is InChI=1S/C14H19N3O/c1-4-5-12(15)13-16-14(18-17-13)11-7-6-9(2)10(3)8-11/h6-8,12H,4-5,15H2,1-3H3. The fourth-order valence-corrected chi connectivity index (χ4v) is 1.82. The van der Waals surface area contributed by atoms with Crippen molar-refractivity contribution in [2.45, 2.75) is 39.7 Å². The maximum absolute atomic E-state index is 5.97. The van der Waals surface area contributed by atoms with Crippen LogP contribution in [-0.4, -0.2) is 10.1 Å². The zero-order valence-corrected chi connectivity index (χ0v) is 11.1. The van der Waals surface area contributed by atoms with Crippen molar-refractivity contribution in [3.63, 3.8) is 0 Å². The Morgan fingerprint density at radius 2 is 2.06 bits per heavy atom. The number of rotatable bonds is 4. The van der Waals surface area contributed by atoms with Crippen LogP contribution in [0.4, 0.5) is 0 Å². The van der Waals surface area contributed by atoms with E-state index in [1.165, 1.54) is 11.1 Å². The second-order valence-corrected chi connectivity index (χ2v) is 4.65. The van der Waals surface area contributed by atoms with E-state index in [1.54, 1.807) is 0 Å². The molecule has 0 bridgehead atoms. The van der Waals surface area contributed by atoms with Crippen LogP contribution in [0.2, 0.25) is 0 Å². The summed E-state index contributed by atoms with van der Waals surface area (Å²) < 4.78 is 5.27. The van der Waals surface area contributed by atoms with Crippen LogP contribution in [0.5, 0.6) is 0 Å². The molecule has 0 aliphatic rings. The molecule has 2 aromatic rings. The van der Waals surface area contributed by atoms with Crippen LogP contribution in [0.1, 0.15) is 42.8 Å². The van der Waals surface area contributed by atoms with Gasteiger partial charge < -0.3 is 10.3 Å². The first-order valence-electron chi connectivity index (χ1n) is 6.28. The highest BCUT2D eigenvalue weighted by atomic mass is 16.5. The molecule has 0 amide bonds. The molecule has 0 aliphatic heterocycles. The molecule has 0 radical (unpaired) electrons. The molecule has 4 nitrogen and oxygen atoms in total. The van der Waals surface area contributed by atoms with Crippen molar-refractivity contribution in [3.8, 4) is 11.5 Å².